The van der Waals surface area contributed by atoms with Crippen LogP contribution in [0.5, 0.6) is 5.75 Å². The normalized spacial score (nSPS) is 12.1. The number of rotatable bonds is 7. The highest BCUT2D eigenvalue weighted by Crippen LogP contribution is 2.35. The van der Waals surface area contributed by atoms with E-state index < -0.39 is 0 Å². The van der Waals surface area contributed by atoms with Crippen LogP contribution < -0.4 is 9.64 Å². The summed E-state index contributed by atoms with van der Waals surface area (Å²) in [6, 6.07) is 13.8. The third-order valence-corrected chi connectivity index (χ3v) is 4.74. The van der Waals surface area contributed by atoms with Gasteiger partial charge in [-0.2, -0.15) is 0 Å². The first-order chi connectivity index (χ1) is 12.4. The Hall–Kier alpha value is -2.29. The maximum atomic E-state index is 13.1. The van der Waals surface area contributed by atoms with Gasteiger partial charge in [-0.25, -0.2) is 0 Å². The van der Waals surface area contributed by atoms with E-state index in [9.17, 15) is 4.79 Å². The Balaban J connectivity index is 2.45. The molecule has 26 heavy (non-hydrogen) atoms. The van der Waals surface area contributed by atoms with Gasteiger partial charge in [-0.1, -0.05) is 38.5 Å². The van der Waals surface area contributed by atoms with Crippen LogP contribution in [0.2, 0.25) is 0 Å². The molecule has 1 atom stereocenters. The van der Waals surface area contributed by atoms with E-state index in [0.29, 0.717) is 18.4 Å². The number of methoxy groups -OCH3 is 1. The molecule has 140 valence electrons. The summed E-state index contributed by atoms with van der Waals surface area (Å²) < 4.78 is 5.43. The molecule has 0 aromatic heterocycles. The number of hydrogen-bond donors (Lipinski definition) is 0. The zero-order chi connectivity index (χ0) is 19.3. The maximum absolute atomic E-state index is 13.1. The number of amides is 1. The molecule has 2 aromatic carbocycles. The van der Waals surface area contributed by atoms with E-state index in [0.717, 1.165) is 29.0 Å². The van der Waals surface area contributed by atoms with Crippen LogP contribution in [0, 0.1) is 12.8 Å². The summed E-state index contributed by atoms with van der Waals surface area (Å²) in [5.74, 6) is 1.81. The third-order valence-electron chi connectivity index (χ3n) is 4.74. The SMILES string of the molecule is CCN(C(=O)c1ccc(C)cc1)c1ccc(OC)cc1C(C)CC(C)C. The van der Waals surface area contributed by atoms with E-state index >= 15 is 0 Å². The first-order valence-electron chi connectivity index (χ1n) is 9.43. The summed E-state index contributed by atoms with van der Waals surface area (Å²) in [6.45, 7) is 11.4. The predicted octanol–water partition coefficient (Wildman–Crippen LogP) is 5.82. The molecule has 2 rings (SSSR count). The molecular weight excluding hydrogens is 322 g/mol. The largest absolute Gasteiger partial charge is 0.497 e. The van der Waals surface area contributed by atoms with Crippen molar-refractivity contribution in [2.75, 3.05) is 18.6 Å². The van der Waals surface area contributed by atoms with Gasteiger partial charge in [0, 0.05) is 17.8 Å². The van der Waals surface area contributed by atoms with Crippen molar-refractivity contribution in [1.29, 1.82) is 0 Å². The van der Waals surface area contributed by atoms with E-state index in [1.165, 1.54) is 5.56 Å². The number of carbonyl (C=O) groups is 1. The van der Waals surface area contributed by atoms with Crippen molar-refractivity contribution in [3.8, 4) is 5.75 Å². The highest BCUT2D eigenvalue weighted by molar-refractivity contribution is 6.06. The molecule has 3 heteroatoms. The molecule has 0 aliphatic carbocycles. The lowest BCUT2D eigenvalue weighted by molar-refractivity contribution is 0.0988. The molecule has 1 amide bonds. The summed E-state index contributed by atoms with van der Waals surface area (Å²) >= 11 is 0. The summed E-state index contributed by atoms with van der Waals surface area (Å²) in [7, 11) is 1.68. The van der Waals surface area contributed by atoms with Crippen molar-refractivity contribution in [3.05, 3.63) is 59.2 Å². The van der Waals surface area contributed by atoms with Gasteiger partial charge in [0.2, 0.25) is 0 Å². The lowest BCUT2D eigenvalue weighted by Crippen LogP contribution is -2.31. The Morgan fingerprint density at radius 2 is 1.73 bits per heavy atom. The average Bonchev–Trinajstić information content (AvgIpc) is 2.62. The summed E-state index contributed by atoms with van der Waals surface area (Å²) in [6.07, 6.45) is 1.07. The third kappa shape index (κ3) is 4.66. The first kappa shape index (κ1) is 20.0. The summed E-state index contributed by atoms with van der Waals surface area (Å²) in [5, 5.41) is 0. The number of aryl methyl sites for hydroxylation is 1. The number of anilines is 1. The minimum atomic E-state index is 0.0377. The Bertz CT molecular complexity index is 734. The number of ether oxygens (including phenoxy) is 1. The van der Waals surface area contributed by atoms with Gasteiger partial charge in [0.05, 0.1) is 7.11 Å². The van der Waals surface area contributed by atoms with E-state index in [2.05, 4.69) is 26.8 Å². The zero-order valence-corrected chi connectivity index (χ0v) is 16.9. The molecule has 0 fully saturated rings. The Morgan fingerprint density at radius 3 is 2.27 bits per heavy atom. The minimum absolute atomic E-state index is 0.0377. The van der Waals surface area contributed by atoms with Gasteiger partial charge in [0.1, 0.15) is 5.75 Å². The average molecular weight is 354 g/mol. The van der Waals surface area contributed by atoms with Crippen molar-refractivity contribution in [3.63, 3.8) is 0 Å². The van der Waals surface area contributed by atoms with Crippen molar-refractivity contribution in [2.24, 2.45) is 5.92 Å². The molecule has 0 saturated heterocycles. The van der Waals surface area contributed by atoms with E-state index in [4.69, 9.17) is 4.74 Å². The number of nitrogens with zero attached hydrogens (tertiary/aromatic N) is 1. The van der Waals surface area contributed by atoms with Gasteiger partial charge in [-0.15, -0.1) is 0 Å². The van der Waals surface area contributed by atoms with Crippen LogP contribution in [-0.4, -0.2) is 19.6 Å². The number of benzene rings is 2. The monoisotopic (exact) mass is 353 g/mol. The van der Waals surface area contributed by atoms with Crippen molar-refractivity contribution >= 4 is 11.6 Å². The lowest BCUT2D eigenvalue weighted by Gasteiger charge is -2.27. The topological polar surface area (TPSA) is 29.5 Å². The van der Waals surface area contributed by atoms with Gasteiger partial charge >= 0.3 is 0 Å². The second-order valence-corrected chi connectivity index (χ2v) is 7.37. The van der Waals surface area contributed by atoms with E-state index in [1.807, 2.05) is 55.1 Å². The van der Waals surface area contributed by atoms with Crippen molar-refractivity contribution in [1.82, 2.24) is 0 Å². The van der Waals surface area contributed by atoms with E-state index in [1.54, 1.807) is 7.11 Å². The number of hydrogen-bond acceptors (Lipinski definition) is 2. The smallest absolute Gasteiger partial charge is 0.258 e. The quantitative estimate of drug-likeness (QED) is 0.627. The molecule has 0 radical (unpaired) electrons. The Morgan fingerprint density at radius 1 is 1.08 bits per heavy atom. The zero-order valence-electron chi connectivity index (χ0n) is 16.9. The fraction of sp³-hybridized carbons (Fsp3) is 0.435. The molecule has 0 spiro atoms. The molecule has 2 aromatic rings. The van der Waals surface area contributed by atoms with Crippen LogP contribution in [0.3, 0.4) is 0 Å². The van der Waals surface area contributed by atoms with Crippen LogP contribution >= 0.6 is 0 Å². The second kappa shape index (κ2) is 8.88. The van der Waals surface area contributed by atoms with Crippen LogP contribution in [-0.2, 0) is 0 Å². The summed E-state index contributed by atoms with van der Waals surface area (Å²) in [5.41, 5.74) is 4.02. The molecule has 0 aliphatic heterocycles. The predicted molar refractivity (Wildman–Crippen MR) is 109 cm³/mol. The standard InChI is InChI=1S/C23H31NO2/c1-7-24(23(25)19-10-8-17(4)9-11-19)22-13-12-20(26-6)15-21(22)18(5)14-16(2)3/h8-13,15-16,18H,7,14H2,1-6H3. The molecule has 3 nitrogen and oxygen atoms in total. The van der Waals surface area contributed by atoms with Gasteiger partial charge in [-0.05, 0) is 68.0 Å². The highest BCUT2D eigenvalue weighted by atomic mass is 16.5. The van der Waals surface area contributed by atoms with Crippen LogP contribution in [0.1, 0.15) is 61.5 Å². The van der Waals surface area contributed by atoms with Gasteiger partial charge in [0.15, 0.2) is 0 Å². The van der Waals surface area contributed by atoms with Crippen molar-refractivity contribution in [2.45, 2.75) is 47.0 Å². The lowest BCUT2D eigenvalue weighted by atomic mass is 9.90. The van der Waals surface area contributed by atoms with Crippen molar-refractivity contribution < 1.29 is 9.53 Å². The van der Waals surface area contributed by atoms with Gasteiger partial charge < -0.3 is 9.64 Å². The molecule has 1 unspecified atom stereocenters. The van der Waals surface area contributed by atoms with Crippen LogP contribution in [0.15, 0.2) is 42.5 Å². The number of carbonyl (C=O) groups excluding carboxylic acids is 1. The fourth-order valence-corrected chi connectivity index (χ4v) is 3.41. The molecule has 0 saturated carbocycles. The van der Waals surface area contributed by atoms with Gasteiger partial charge in [0.25, 0.3) is 5.91 Å². The van der Waals surface area contributed by atoms with E-state index in [-0.39, 0.29) is 5.91 Å². The first-order valence-corrected chi connectivity index (χ1v) is 9.43. The van der Waals surface area contributed by atoms with Crippen LogP contribution in [0.4, 0.5) is 5.69 Å². The van der Waals surface area contributed by atoms with Crippen LogP contribution in [0.25, 0.3) is 0 Å². The highest BCUT2D eigenvalue weighted by Gasteiger charge is 2.22. The molecule has 0 aliphatic rings. The summed E-state index contributed by atoms with van der Waals surface area (Å²) in [4.78, 5) is 15.0. The van der Waals surface area contributed by atoms with Gasteiger partial charge in [-0.3, -0.25) is 4.79 Å². The molecular formula is C23H31NO2. The minimum Gasteiger partial charge on any atom is -0.497 e. The molecule has 0 heterocycles. The maximum Gasteiger partial charge on any atom is 0.258 e. The Labute approximate surface area is 158 Å². The Kier molecular flexibility index (Phi) is 6.84. The molecule has 0 N–H and O–H groups in total. The molecule has 0 bridgehead atoms. The fourth-order valence-electron chi connectivity index (χ4n) is 3.41. The second-order valence-electron chi connectivity index (χ2n) is 7.37.